The molecule has 24 heavy (non-hydrogen) atoms. The highest BCUT2D eigenvalue weighted by atomic mass is 35.5. The minimum atomic E-state index is -0.265. The molecule has 1 rings (SSSR count). The van der Waals surface area contributed by atoms with Crippen LogP contribution in [0.3, 0.4) is 0 Å². The van der Waals surface area contributed by atoms with Crippen LogP contribution in [0, 0.1) is 0 Å². The Balaban J connectivity index is 0.00000529. The average Bonchev–Trinajstić information content (AvgIpc) is 2.48. The Bertz CT molecular complexity index is 502. The third-order valence-electron chi connectivity index (χ3n) is 3.14. The van der Waals surface area contributed by atoms with Crippen LogP contribution in [0.1, 0.15) is 46.1 Å². The molecule has 1 amide bonds. The number of unbranched alkanes of at least 4 members (excludes halogenated alkanes) is 1. The first kappa shape index (κ1) is 22.5. The second-order valence-corrected chi connectivity index (χ2v) is 6.60. The third kappa shape index (κ3) is 8.99. The summed E-state index contributed by atoms with van der Waals surface area (Å²) in [5.74, 6) is 1.07. The van der Waals surface area contributed by atoms with Crippen LogP contribution < -0.4 is 20.1 Å². The second-order valence-electron chi connectivity index (χ2n) is 6.60. The molecule has 0 saturated carbocycles. The molecule has 0 atom stereocenters. The maximum Gasteiger partial charge on any atom is 0.258 e. The Morgan fingerprint density at radius 3 is 2.50 bits per heavy atom. The van der Waals surface area contributed by atoms with E-state index in [0.717, 1.165) is 18.7 Å². The number of benzene rings is 1. The molecule has 5 nitrogen and oxygen atoms in total. The summed E-state index contributed by atoms with van der Waals surface area (Å²) in [7, 11) is 1.60. The summed E-state index contributed by atoms with van der Waals surface area (Å²) in [6.45, 7) is 9.75. The highest BCUT2D eigenvalue weighted by Gasteiger charge is 2.15. The molecule has 0 aromatic heterocycles. The van der Waals surface area contributed by atoms with Crippen LogP contribution in [-0.4, -0.2) is 31.7 Å². The van der Waals surface area contributed by atoms with Gasteiger partial charge in [0.25, 0.3) is 5.91 Å². The molecule has 0 aliphatic rings. The fourth-order valence-corrected chi connectivity index (χ4v) is 2.07. The van der Waals surface area contributed by atoms with Crippen molar-refractivity contribution in [3.05, 3.63) is 23.8 Å². The first-order valence-corrected chi connectivity index (χ1v) is 8.17. The summed E-state index contributed by atoms with van der Waals surface area (Å²) in [5, 5.41) is 6.25. The summed E-state index contributed by atoms with van der Waals surface area (Å²) in [6.07, 6.45) is 2.35. The van der Waals surface area contributed by atoms with Gasteiger partial charge in [0.1, 0.15) is 0 Å². The number of halogens is 1. The van der Waals surface area contributed by atoms with Crippen molar-refractivity contribution in [2.75, 3.05) is 20.3 Å². The van der Waals surface area contributed by atoms with Crippen molar-refractivity contribution in [3.63, 3.8) is 0 Å². The van der Waals surface area contributed by atoms with Crippen molar-refractivity contribution < 1.29 is 14.3 Å². The average molecular weight is 359 g/mol. The summed E-state index contributed by atoms with van der Waals surface area (Å²) in [6, 6.07) is 5.77. The molecule has 2 N–H and O–H groups in total. The van der Waals surface area contributed by atoms with E-state index in [4.69, 9.17) is 9.47 Å². The van der Waals surface area contributed by atoms with E-state index >= 15 is 0 Å². The van der Waals surface area contributed by atoms with E-state index in [9.17, 15) is 4.79 Å². The largest absolute Gasteiger partial charge is 0.493 e. The zero-order valence-electron chi connectivity index (χ0n) is 15.4. The number of hydrogen-bond donors (Lipinski definition) is 2. The molecule has 6 heteroatoms. The van der Waals surface area contributed by atoms with E-state index in [2.05, 4.69) is 17.6 Å². The minimum Gasteiger partial charge on any atom is -0.493 e. The fourth-order valence-electron chi connectivity index (χ4n) is 2.07. The van der Waals surface area contributed by atoms with Crippen molar-refractivity contribution in [1.82, 2.24) is 10.6 Å². The van der Waals surface area contributed by atoms with Crippen molar-refractivity contribution >= 4 is 18.3 Å². The quantitative estimate of drug-likeness (QED) is 0.665. The maximum atomic E-state index is 11.8. The summed E-state index contributed by atoms with van der Waals surface area (Å²) in [5.41, 5.74) is 0.864. The lowest BCUT2D eigenvalue weighted by molar-refractivity contribution is -0.124. The number of rotatable bonds is 9. The molecule has 0 aliphatic carbocycles. The van der Waals surface area contributed by atoms with Crippen LogP contribution in [-0.2, 0) is 11.3 Å². The number of carbonyl (C=O) groups is 1. The van der Waals surface area contributed by atoms with Gasteiger partial charge in [-0.2, -0.15) is 0 Å². The molecule has 1 aromatic rings. The van der Waals surface area contributed by atoms with Gasteiger partial charge in [0.2, 0.25) is 0 Å². The summed E-state index contributed by atoms with van der Waals surface area (Å²) in [4.78, 5) is 11.8. The zero-order chi connectivity index (χ0) is 17.3. The standard InChI is InChI=1S/C18H30N2O3.ClH/c1-6-7-10-19-12-14-8-9-15(16(11-14)22-5)23-13-17(21)20-18(2,3)4;/h8-9,11,19H,6-7,10,12-13H2,1-5H3,(H,20,21);1H. The van der Waals surface area contributed by atoms with Crippen LogP contribution in [0.15, 0.2) is 18.2 Å². The van der Waals surface area contributed by atoms with E-state index in [-0.39, 0.29) is 30.5 Å². The maximum absolute atomic E-state index is 11.8. The molecule has 0 radical (unpaired) electrons. The summed E-state index contributed by atoms with van der Waals surface area (Å²) < 4.78 is 10.9. The lowest BCUT2D eigenvalue weighted by Gasteiger charge is -2.20. The monoisotopic (exact) mass is 358 g/mol. The van der Waals surface area contributed by atoms with E-state index in [1.807, 2.05) is 39.0 Å². The summed E-state index contributed by atoms with van der Waals surface area (Å²) >= 11 is 0. The smallest absolute Gasteiger partial charge is 0.258 e. The van der Waals surface area contributed by atoms with Gasteiger partial charge in [-0.15, -0.1) is 12.4 Å². The van der Waals surface area contributed by atoms with Gasteiger partial charge in [-0.25, -0.2) is 0 Å². The number of hydrogen-bond acceptors (Lipinski definition) is 4. The van der Waals surface area contributed by atoms with Gasteiger partial charge < -0.3 is 20.1 Å². The van der Waals surface area contributed by atoms with Gasteiger partial charge in [-0.3, -0.25) is 4.79 Å². The predicted octanol–water partition coefficient (Wildman–Crippen LogP) is 3.30. The molecule has 1 aromatic carbocycles. The third-order valence-corrected chi connectivity index (χ3v) is 3.14. The lowest BCUT2D eigenvalue weighted by atomic mass is 10.1. The van der Waals surface area contributed by atoms with E-state index < -0.39 is 0 Å². The zero-order valence-corrected chi connectivity index (χ0v) is 16.2. The highest BCUT2D eigenvalue weighted by molar-refractivity contribution is 5.85. The molecule has 0 spiro atoms. The predicted molar refractivity (Wildman–Crippen MR) is 100 cm³/mol. The Kier molecular flexibility index (Phi) is 10.5. The molecule has 0 bridgehead atoms. The van der Waals surface area contributed by atoms with Crippen LogP contribution in [0.4, 0.5) is 0 Å². The molecular formula is C18H31ClN2O3. The van der Waals surface area contributed by atoms with Crippen molar-refractivity contribution in [3.8, 4) is 11.5 Å². The van der Waals surface area contributed by atoms with Gasteiger partial charge in [-0.05, 0) is 51.4 Å². The number of nitrogens with one attached hydrogen (secondary N) is 2. The topological polar surface area (TPSA) is 59.6 Å². The molecule has 0 unspecified atom stereocenters. The number of amides is 1. The highest BCUT2D eigenvalue weighted by Crippen LogP contribution is 2.28. The first-order chi connectivity index (χ1) is 10.9. The first-order valence-electron chi connectivity index (χ1n) is 8.17. The molecule has 0 saturated heterocycles. The van der Waals surface area contributed by atoms with Crippen LogP contribution in [0.2, 0.25) is 0 Å². The number of methoxy groups -OCH3 is 1. The lowest BCUT2D eigenvalue weighted by Crippen LogP contribution is -2.43. The van der Waals surface area contributed by atoms with E-state index in [1.165, 1.54) is 12.8 Å². The van der Waals surface area contributed by atoms with Crippen molar-refractivity contribution in [2.24, 2.45) is 0 Å². The number of ether oxygens (including phenoxy) is 2. The van der Waals surface area contributed by atoms with Crippen LogP contribution in [0.25, 0.3) is 0 Å². The van der Waals surface area contributed by atoms with Gasteiger partial charge in [0.15, 0.2) is 18.1 Å². The van der Waals surface area contributed by atoms with Crippen LogP contribution >= 0.6 is 12.4 Å². The Morgan fingerprint density at radius 1 is 1.21 bits per heavy atom. The van der Waals surface area contributed by atoms with Gasteiger partial charge in [-0.1, -0.05) is 19.4 Å². The molecule has 138 valence electrons. The van der Waals surface area contributed by atoms with Gasteiger partial charge in [0.05, 0.1) is 7.11 Å². The second kappa shape index (κ2) is 11.2. The minimum absolute atomic E-state index is 0. The van der Waals surface area contributed by atoms with Crippen molar-refractivity contribution in [2.45, 2.75) is 52.6 Å². The SMILES string of the molecule is CCCCNCc1ccc(OCC(=O)NC(C)(C)C)c(OC)c1.Cl. The van der Waals surface area contributed by atoms with Gasteiger partial charge in [0, 0.05) is 12.1 Å². The van der Waals surface area contributed by atoms with E-state index in [1.54, 1.807) is 7.11 Å². The Morgan fingerprint density at radius 2 is 1.92 bits per heavy atom. The molecule has 0 aliphatic heterocycles. The van der Waals surface area contributed by atoms with E-state index in [0.29, 0.717) is 11.5 Å². The van der Waals surface area contributed by atoms with Crippen LogP contribution in [0.5, 0.6) is 11.5 Å². The van der Waals surface area contributed by atoms with Gasteiger partial charge >= 0.3 is 0 Å². The normalized spacial score (nSPS) is 10.7. The molecule has 0 fully saturated rings. The Hall–Kier alpha value is -1.46. The Labute approximate surface area is 151 Å². The molecule has 0 heterocycles. The van der Waals surface area contributed by atoms with Crippen molar-refractivity contribution in [1.29, 1.82) is 0 Å². The number of carbonyl (C=O) groups excluding carboxylic acids is 1. The fraction of sp³-hybridized carbons (Fsp3) is 0.611. The molecular weight excluding hydrogens is 328 g/mol.